The van der Waals surface area contributed by atoms with Gasteiger partial charge in [0.1, 0.15) is 18.3 Å². The second-order valence-electron chi connectivity index (χ2n) is 6.59. The first-order valence-electron chi connectivity index (χ1n) is 8.17. The number of carbonyl (C=O) groups is 1. The van der Waals surface area contributed by atoms with Crippen LogP contribution in [0.15, 0.2) is 37.0 Å². The number of esters is 1. The predicted molar refractivity (Wildman–Crippen MR) is 102 cm³/mol. The van der Waals surface area contributed by atoms with Gasteiger partial charge in [0.05, 0.1) is 18.1 Å². The summed E-state index contributed by atoms with van der Waals surface area (Å²) in [4.78, 5) is 16.0. The number of nitrogens with one attached hydrogen (secondary N) is 1. The summed E-state index contributed by atoms with van der Waals surface area (Å²) in [5.74, 6) is -0.996. The van der Waals surface area contributed by atoms with Crippen molar-refractivity contribution in [1.29, 1.82) is 5.41 Å². The molecule has 6 nitrogen and oxygen atoms in total. The van der Waals surface area contributed by atoms with Gasteiger partial charge in [-0.05, 0) is 37.1 Å². The lowest BCUT2D eigenvalue weighted by Crippen LogP contribution is -2.32. The Hall–Kier alpha value is -3.22. The Kier molecular flexibility index (Phi) is 5.95. The highest BCUT2D eigenvalue weighted by atomic mass is 19.1. The molecule has 0 fully saturated rings. The molecule has 0 aliphatic heterocycles. The number of benzene rings is 1. The van der Waals surface area contributed by atoms with Crippen molar-refractivity contribution in [1.82, 2.24) is 4.98 Å². The van der Waals surface area contributed by atoms with E-state index < -0.39 is 11.2 Å². The topological polar surface area (TPSA) is 98.3 Å². The molecule has 0 amide bonds. The number of nitrogens with two attached hydrogens (primary N) is 1. The van der Waals surface area contributed by atoms with E-state index in [1.165, 1.54) is 19.2 Å². The van der Waals surface area contributed by atoms with Crippen molar-refractivity contribution in [3.63, 3.8) is 0 Å². The van der Waals surface area contributed by atoms with Crippen molar-refractivity contribution in [2.45, 2.75) is 13.8 Å². The van der Waals surface area contributed by atoms with E-state index in [9.17, 15) is 9.18 Å². The summed E-state index contributed by atoms with van der Waals surface area (Å²) in [5, 5.41) is 7.36. The molecular weight excluding hydrogens is 349 g/mol. The fourth-order valence-electron chi connectivity index (χ4n) is 2.43. The number of nitrogens with zero attached hydrogens (tertiary/aromatic N) is 1. The SMILES string of the molecule is C=Cc1cc(OCC(C)(C)C(=O)OC)ncc1-c1ccc(C(=N)N)c(F)c1. The second kappa shape index (κ2) is 7.99. The number of carbonyl (C=O) groups excluding carboxylic acids is 1. The summed E-state index contributed by atoms with van der Waals surface area (Å²) < 4.78 is 24.5. The van der Waals surface area contributed by atoms with Gasteiger partial charge in [-0.15, -0.1) is 0 Å². The number of methoxy groups -OCH3 is 1. The van der Waals surface area contributed by atoms with Gasteiger partial charge >= 0.3 is 5.97 Å². The van der Waals surface area contributed by atoms with Gasteiger partial charge in [-0.3, -0.25) is 10.2 Å². The number of aromatic nitrogens is 1. The van der Waals surface area contributed by atoms with Crippen molar-refractivity contribution >= 4 is 17.9 Å². The van der Waals surface area contributed by atoms with E-state index in [1.54, 1.807) is 38.3 Å². The van der Waals surface area contributed by atoms with Gasteiger partial charge in [-0.1, -0.05) is 18.7 Å². The molecule has 0 aliphatic rings. The van der Waals surface area contributed by atoms with Gasteiger partial charge in [0.2, 0.25) is 5.88 Å². The standard InChI is InChI=1S/C20H22FN3O3/c1-5-12-9-17(27-11-20(2,3)19(25)26-4)24-10-15(12)13-6-7-14(18(22)23)16(21)8-13/h5-10H,1,11H2,2-4H3,(H3,22,23). The number of pyridine rings is 1. The largest absolute Gasteiger partial charge is 0.476 e. The highest BCUT2D eigenvalue weighted by molar-refractivity contribution is 5.95. The minimum absolute atomic E-state index is 0.0388. The highest BCUT2D eigenvalue weighted by Gasteiger charge is 2.30. The number of rotatable bonds is 7. The Balaban J connectivity index is 2.29. The molecule has 0 aliphatic carbocycles. The molecule has 0 spiro atoms. The van der Waals surface area contributed by atoms with E-state index in [1.807, 2.05) is 0 Å². The number of amidine groups is 1. The van der Waals surface area contributed by atoms with Gasteiger partial charge in [-0.25, -0.2) is 9.37 Å². The normalized spacial score (nSPS) is 11.0. The lowest BCUT2D eigenvalue weighted by Gasteiger charge is -2.21. The van der Waals surface area contributed by atoms with E-state index in [2.05, 4.69) is 11.6 Å². The van der Waals surface area contributed by atoms with Crippen LogP contribution in [0.25, 0.3) is 17.2 Å². The first kappa shape index (κ1) is 20.1. The Morgan fingerprint density at radius 2 is 2.11 bits per heavy atom. The second-order valence-corrected chi connectivity index (χ2v) is 6.59. The molecule has 3 N–H and O–H groups in total. The average molecular weight is 371 g/mol. The Morgan fingerprint density at radius 1 is 1.41 bits per heavy atom. The van der Waals surface area contributed by atoms with E-state index in [0.717, 1.165) is 0 Å². The third-order valence-electron chi connectivity index (χ3n) is 4.02. The Bertz CT molecular complexity index is 894. The quantitative estimate of drug-likeness (QED) is 0.442. The number of halogens is 1. The lowest BCUT2D eigenvalue weighted by molar-refractivity contribution is -0.152. The van der Waals surface area contributed by atoms with Crippen LogP contribution >= 0.6 is 0 Å². The maximum Gasteiger partial charge on any atom is 0.314 e. The zero-order chi connectivity index (χ0) is 20.2. The Morgan fingerprint density at radius 3 is 2.67 bits per heavy atom. The van der Waals surface area contributed by atoms with E-state index in [0.29, 0.717) is 22.6 Å². The average Bonchev–Trinajstić information content (AvgIpc) is 2.65. The monoisotopic (exact) mass is 371 g/mol. The predicted octanol–water partition coefficient (Wildman–Crippen LogP) is 3.39. The molecule has 0 saturated heterocycles. The summed E-state index contributed by atoms with van der Waals surface area (Å²) in [6.45, 7) is 7.28. The molecule has 142 valence electrons. The van der Waals surface area contributed by atoms with Crippen LogP contribution in [0.3, 0.4) is 0 Å². The molecule has 1 heterocycles. The summed E-state index contributed by atoms with van der Waals surface area (Å²) in [5.41, 5.74) is 6.47. The van der Waals surface area contributed by atoms with Crippen molar-refractivity contribution in [2.24, 2.45) is 11.1 Å². The minimum atomic E-state index is -0.824. The van der Waals surface area contributed by atoms with Crippen LogP contribution < -0.4 is 10.5 Å². The number of nitrogen functional groups attached to an aromatic ring is 1. The third kappa shape index (κ3) is 4.49. The summed E-state index contributed by atoms with van der Waals surface area (Å²) in [6, 6.07) is 6.06. The molecule has 0 radical (unpaired) electrons. The Labute approximate surface area is 157 Å². The molecule has 0 bridgehead atoms. The molecule has 2 aromatic rings. The summed E-state index contributed by atoms with van der Waals surface area (Å²) in [7, 11) is 1.32. The minimum Gasteiger partial charge on any atom is -0.476 e. The van der Waals surface area contributed by atoms with Crippen LogP contribution in [-0.4, -0.2) is 30.5 Å². The molecule has 27 heavy (non-hydrogen) atoms. The van der Waals surface area contributed by atoms with Gasteiger partial charge in [0.15, 0.2) is 0 Å². The van der Waals surface area contributed by atoms with Crippen LogP contribution in [0.1, 0.15) is 25.0 Å². The van der Waals surface area contributed by atoms with Gasteiger partial charge in [-0.2, -0.15) is 0 Å². The van der Waals surface area contributed by atoms with Crippen LogP contribution in [0.4, 0.5) is 4.39 Å². The number of ether oxygens (including phenoxy) is 2. The maximum absolute atomic E-state index is 14.1. The van der Waals surface area contributed by atoms with Crippen molar-refractivity contribution in [3.8, 4) is 17.0 Å². The maximum atomic E-state index is 14.1. The van der Waals surface area contributed by atoms with Crippen LogP contribution in [-0.2, 0) is 9.53 Å². The van der Waals surface area contributed by atoms with Crippen LogP contribution in [0.5, 0.6) is 5.88 Å². The van der Waals surface area contributed by atoms with Crippen LogP contribution in [0.2, 0.25) is 0 Å². The molecule has 1 aromatic carbocycles. The molecule has 0 atom stereocenters. The van der Waals surface area contributed by atoms with Gasteiger partial charge in [0.25, 0.3) is 0 Å². The smallest absolute Gasteiger partial charge is 0.314 e. The fraction of sp³-hybridized carbons (Fsp3) is 0.250. The van der Waals surface area contributed by atoms with E-state index in [4.69, 9.17) is 20.6 Å². The molecule has 0 unspecified atom stereocenters. The third-order valence-corrected chi connectivity index (χ3v) is 4.02. The zero-order valence-corrected chi connectivity index (χ0v) is 15.5. The lowest BCUT2D eigenvalue weighted by atomic mass is 9.95. The van der Waals surface area contributed by atoms with Crippen molar-refractivity contribution in [3.05, 3.63) is 54.0 Å². The number of hydrogen-bond donors (Lipinski definition) is 2. The molecule has 0 saturated carbocycles. The van der Waals surface area contributed by atoms with Crippen LogP contribution in [0, 0.1) is 16.6 Å². The number of hydrogen-bond acceptors (Lipinski definition) is 5. The van der Waals surface area contributed by atoms with E-state index in [-0.39, 0.29) is 24.0 Å². The van der Waals surface area contributed by atoms with Crippen molar-refractivity contribution < 1.29 is 18.7 Å². The molecule has 2 rings (SSSR count). The zero-order valence-electron chi connectivity index (χ0n) is 15.5. The highest BCUT2D eigenvalue weighted by Crippen LogP contribution is 2.29. The summed E-state index contributed by atoms with van der Waals surface area (Å²) in [6.07, 6.45) is 3.14. The van der Waals surface area contributed by atoms with Gasteiger partial charge < -0.3 is 15.2 Å². The van der Waals surface area contributed by atoms with Gasteiger partial charge in [0, 0.05) is 17.8 Å². The fourth-order valence-corrected chi connectivity index (χ4v) is 2.43. The molecule has 1 aromatic heterocycles. The molecular formula is C20H22FN3O3. The first-order valence-corrected chi connectivity index (χ1v) is 8.17. The summed E-state index contributed by atoms with van der Waals surface area (Å²) >= 11 is 0. The van der Waals surface area contributed by atoms with E-state index >= 15 is 0 Å². The van der Waals surface area contributed by atoms with Crippen molar-refractivity contribution in [2.75, 3.05) is 13.7 Å². The first-order chi connectivity index (χ1) is 12.7. The molecule has 7 heteroatoms.